The van der Waals surface area contributed by atoms with Crippen molar-refractivity contribution in [1.29, 1.82) is 5.26 Å². The van der Waals surface area contributed by atoms with E-state index in [1.54, 1.807) is 18.5 Å². The smallest absolute Gasteiger partial charge is 0.101 e. The molecule has 1 fully saturated rings. The fourth-order valence-corrected chi connectivity index (χ4v) is 1.80. The molecule has 2 rings (SSSR count). The van der Waals surface area contributed by atoms with Crippen LogP contribution in [0, 0.1) is 11.3 Å². The Hall–Kier alpha value is -1.60. The van der Waals surface area contributed by atoms with Crippen molar-refractivity contribution < 1.29 is 0 Å². The molecule has 0 aromatic carbocycles. The predicted molar refractivity (Wildman–Crippen MR) is 58.5 cm³/mol. The zero-order chi connectivity index (χ0) is 10.5. The summed E-state index contributed by atoms with van der Waals surface area (Å²) < 4.78 is 0. The topological polar surface area (TPSA) is 60.7 Å². The van der Waals surface area contributed by atoms with Crippen molar-refractivity contribution in [2.45, 2.75) is 18.9 Å². The molecule has 1 aromatic heterocycles. The number of pyridine rings is 1. The van der Waals surface area contributed by atoms with Crippen LogP contribution in [0.5, 0.6) is 0 Å². The van der Waals surface area contributed by atoms with E-state index in [9.17, 15) is 0 Å². The van der Waals surface area contributed by atoms with Gasteiger partial charge in [0.05, 0.1) is 17.4 Å². The van der Waals surface area contributed by atoms with Gasteiger partial charge in [-0.1, -0.05) is 0 Å². The lowest BCUT2D eigenvalue weighted by Gasteiger charge is -2.12. The van der Waals surface area contributed by atoms with Crippen LogP contribution in [-0.4, -0.2) is 24.1 Å². The van der Waals surface area contributed by atoms with E-state index >= 15 is 0 Å². The molecular weight excluding hydrogens is 188 g/mol. The summed E-state index contributed by atoms with van der Waals surface area (Å²) in [6.45, 7) is 1.96. The van der Waals surface area contributed by atoms with E-state index in [0.29, 0.717) is 11.6 Å². The van der Waals surface area contributed by atoms with Crippen LogP contribution in [0.4, 0.5) is 5.69 Å². The summed E-state index contributed by atoms with van der Waals surface area (Å²) in [5.41, 5.74) is 1.48. The van der Waals surface area contributed by atoms with Gasteiger partial charge in [0, 0.05) is 18.8 Å². The second-order valence-electron chi connectivity index (χ2n) is 3.71. The Morgan fingerprint density at radius 1 is 1.67 bits per heavy atom. The number of nitriles is 1. The van der Waals surface area contributed by atoms with Gasteiger partial charge in [0.15, 0.2) is 0 Å². The molecule has 0 saturated carbocycles. The van der Waals surface area contributed by atoms with Gasteiger partial charge in [0.1, 0.15) is 6.07 Å². The second-order valence-corrected chi connectivity index (χ2v) is 3.71. The summed E-state index contributed by atoms with van der Waals surface area (Å²) in [5.74, 6) is 0. The summed E-state index contributed by atoms with van der Waals surface area (Å²) in [6, 6.07) is 4.40. The van der Waals surface area contributed by atoms with Crippen molar-refractivity contribution in [1.82, 2.24) is 10.3 Å². The fourth-order valence-electron chi connectivity index (χ4n) is 1.80. The molecule has 0 aliphatic carbocycles. The average molecular weight is 202 g/mol. The highest BCUT2D eigenvalue weighted by Crippen LogP contribution is 2.13. The maximum absolute atomic E-state index is 8.88. The highest BCUT2D eigenvalue weighted by molar-refractivity contribution is 5.55. The van der Waals surface area contributed by atoms with Crippen molar-refractivity contribution in [3.8, 4) is 6.07 Å². The third kappa shape index (κ3) is 2.45. The lowest BCUT2D eigenvalue weighted by atomic mass is 10.2. The largest absolute Gasteiger partial charge is 0.381 e. The van der Waals surface area contributed by atoms with Gasteiger partial charge in [-0.25, -0.2) is 0 Å². The third-order valence-electron chi connectivity index (χ3n) is 2.64. The Morgan fingerprint density at radius 2 is 2.60 bits per heavy atom. The highest BCUT2D eigenvalue weighted by Gasteiger charge is 2.13. The molecule has 2 heterocycles. The molecule has 0 bridgehead atoms. The standard InChI is InChI=1S/C11H14N4/c12-6-9-3-5-13-8-11(9)15-7-10-2-1-4-14-10/h3,5,8,10,14-15H,1-2,4,7H2. The average Bonchev–Trinajstić information content (AvgIpc) is 2.79. The van der Waals surface area contributed by atoms with Crippen LogP contribution in [0.2, 0.25) is 0 Å². The molecular formula is C11H14N4. The zero-order valence-corrected chi connectivity index (χ0v) is 8.53. The van der Waals surface area contributed by atoms with Crippen LogP contribution >= 0.6 is 0 Å². The van der Waals surface area contributed by atoms with Gasteiger partial charge in [-0.15, -0.1) is 0 Å². The number of aromatic nitrogens is 1. The summed E-state index contributed by atoms with van der Waals surface area (Å²) >= 11 is 0. The molecule has 4 heteroatoms. The number of rotatable bonds is 3. The second kappa shape index (κ2) is 4.76. The predicted octanol–water partition coefficient (Wildman–Crippen LogP) is 1.12. The molecule has 1 aliphatic heterocycles. The number of hydrogen-bond donors (Lipinski definition) is 2. The molecule has 1 aromatic rings. The molecule has 2 N–H and O–H groups in total. The van der Waals surface area contributed by atoms with Gasteiger partial charge in [-0.05, 0) is 25.5 Å². The normalized spacial score (nSPS) is 19.8. The Labute approximate surface area is 89.3 Å². The van der Waals surface area contributed by atoms with Gasteiger partial charge in [0.25, 0.3) is 0 Å². The number of nitrogens with zero attached hydrogens (tertiary/aromatic N) is 2. The Kier molecular flexibility index (Phi) is 3.15. The zero-order valence-electron chi connectivity index (χ0n) is 8.53. The molecule has 1 atom stereocenters. The van der Waals surface area contributed by atoms with Crippen LogP contribution in [0.1, 0.15) is 18.4 Å². The molecule has 1 aliphatic rings. The van der Waals surface area contributed by atoms with Crippen LogP contribution in [0.3, 0.4) is 0 Å². The molecule has 0 radical (unpaired) electrons. The Morgan fingerprint density at radius 3 is 3.33 bits per heavy atom. The van der Waals surface area contributed by atoms with E-state index < -0.39 is 0 Å². The van der Waals surface area contributed by atoms with Crippen molar-refractivity contribution in [3.05, 3.63) is 24.0 Å². The van der Waals surface area contributed by atoms with E-state index in [4.69, 9.17) is 5.26 Å². The first-order valence-corrected chi connectivity index (χ1v) is 5.21. The SMILES string of the molecule is N#Cc1ccncc1NCC1CCCN1. The first kappa shape index (κ1) is 9.94. The van der Waals surface area contributed by atoms with Crippen LogP contribution in [0.25, 0.3) is 0 Å². The highest BCUT2D eigenvalue weighted by atomic mass is 15.0. The van der Waals surface area contributed by atoms with Crippen molar-refractivity contribution >= 4 is 5.69 Å². The van der Waals surface area contributed by atoms with Crippen molar-refractivity contribution in [2.24, 2.45) is 0 Å². The summed E-state index contributed by atoms with van der Waals surface area (Å²) in [6.07, 6.45) is 5.78. The van der Waals surface area contributed by atoms with E-state index in [-0.39, 0.29) is 0 Å². The van der Waals surface area contributed by atoms with Crippen LogP contribution in [-0.2, 0) is 0 Å². The van der Waals surface area contributed by atoms with Gasteiger partial charge in [-0.2, -0.15) is 5.26 Å². The first-order valence-electron chi connectivity index (χ1n) is 5.21. The number of nitrogens with one attached hydrogen (secondary N) is 2. The fraction of sp³-hybridized carbons (Fsp3) is 0.455. The van der Waals surface area contributed by atoms with Crippen LogP contribution < -0.4 is 10.6 Å². The number of anilines is 1. The lowest BCUT2D eigenvalue weighted by Crippen LogP contribution is -2.29. The van der Waals surface area contributed by atoms with E-state index in [1.807, 2.05) is 0 Å². The third-order valence-corrected chi connectivity index (χ3v) is 2.64. The minimum Gasteiger partial charge on any atom is -0.381 e. The molecule has 1 saturated heterocycles. The van der Waals surface area contributed by atoms with Crippen LogP contribution in [0.15, 0.2) is 18.5 Å². The Balaban J connectivity index is 1.95. The monoisotopic (exact) mass is 202 g/mol. The first-order chi connectivity index (χ1) is 7.40. The van der Waals surface area contributed by atoms with E-state index in [2.05, 4.69) is 21.7 Å². The van der Waals surface area contributed by atoms with Crippen molar-refractivity contribution in [3.63, 3.8) is 0 Å². The molecule has 15 heavy (non-hydrogen) atoms. The molecule has 1 unspecified atom stereocenters. The molecule has 78 valence electrons. The van der Waals surface area contributed by atoms with Gasteiger partial charge < -0.3 is 10.6 Å². The molecule has 4 nitrogen and oxygen atoms in total. The Bertz CT molecular complexity index is 363. The minimum atomic E-state index is 0.525. The minimum absolute atomic E-state index is 0.525. The summed E-state index contributed by atoms with van der Waals surface area (Å²) in [7, 11) is 0. The van der Waals surface area contributed by atoms with Gasteiger partial charge in [0.2, 0.25) is 0 Å². The maximum Gasteiger partial charge on any atom is 0.101 e. The molecule has 0 amide bonds. The molecule has 0 spiro atoms. The van der Waals surface area contributed by atoms with E-state index in [1.165, 1.54) is 12.8 Å². The van der Waals surface area contributed by atoms with Gasteiger partial charge >= 0.3 is 0 Å². The maximum atomic E-state index is 8.88. The summed E-state index contributed by atoms with van der Waals surface area (Å²) in [4.78, 5) is 4.00. The number of hydrogen-bond acceptors (Lipinski definition) is 4. The lowest BCUT2D eigenvalue weighted by molar-refractivity contribution is 0.633. The van der Waals surface area contributed by atoms with Crippen molar-refractivity contribution in [2.75, 3.05) is 18.4 Å². The summed E-state index contributed by atoms with van der Waals surface area (Å²) in [5, 5.41) is 15.5. The van der Waals surface area contributed by atoms with E-state index in [0.717, 1.165) is 18.8 Å². The quantitative estimate of drug-likeness (QED) is 0.771. The van der Waals surface area contributed by atoms with Gasteiger partial charge in [-0.3, -0.25) is 4.98 Å².